The molecule has 2 amide bonds. The van der Waals surface area contributed by atoms with Crippen molar-refractivity contribution in [1.82, 2.24) is 15.5 Å². The maximum absolute atomic E-state index is 15.2. The normalized spacial score (nSPS) is 12.2. The quantitative estimate of drug-likeness (QED) is 0.510. The number of carbonyl (C=O) groups is 2. The zero-order valence-electron chi connectivity index (χ0n) is 15.0. The average Bonchev–Trinajstić information content (AvgIpc) is 3.12. The predicted molar refractivity (Wildman–Crippen MR) is 105 cm³/mol. The highest BCUT2D eigenvalue weighted by Crippen LogP contribution is 2.31. The number of nitrogens with one attached hydrogen (secondary N) is 2. The highest BCUT2D eigenvalue weighted by molar-refractivity contribution is 6.04. The molecule has 4 rings (SSSR count). The molecule has 4 N–H and O–H groups in total. The van der Waals surface area contributed by atoms with Crippen LogP contribution in [0.4, 0.5) is 4.39 Å². The summed E-state index contributed by atoms with van der Waals surface area (Å²) in [4.78, 5) is 23.5. The van der Waals surface area contributed by atoms with E-state index in [4.69, 9.17) is 5.73 Å². The molecule has 0 aliphatic heterocycles. The Morgan fingerprint density at radius 1 is 1.11 bits per heavy atom. The monoisotopic (exact) mass is 376 g/mol. The summed E-state index contributed by atoms with van der Waals surface area (Å²) < 4.78 is 15.2. The number of aromatic amines is 1. The minimum absolute atomic E-state index is 0.177. The Hall–Kier alpha value is -3.74. The first kappa shape index (κ1) is 17.7. The second-order valence-electron chi connectivity index (χ2n) is 6.58. The van der Waals surface area contributed by atoms with Crippen molar-refractivity contribution in [2.24, 2.45) is 5.73 Å². The lowest BCUT2D eigenvalue weighted by Gasteiger charge is -2.11. The van der Waals surface area contributed by atoms with E-state index >= 15 is 4.39 Å². The van der Waals surface area contributed by atoms with Crippen molar-refractivity contribution in [3.05, 3.63) is 66.0 Å². The van der Waals surface area contributed by atoms with E-state index in [1.54, 1.807) is 6.07 Å². The van der Waals surface area contributed by atoms with Crippen molar-refractivity contribution in [3.8, 4) is 11.3 Å². The highest BCUT2D eigenvalue weighted by atomic mass is 19.1. The molecule has 0 saturated carbocycles. The summed E-state index contributed by atoms with van der Waals surface area (Å²) in [6.45, 7) is 1.44. The molecule has 1 aromatic heterocycles. The Labute approximate surface area is 159 Å². The number of benzene rings is 3. The molecule has 28 heavy (non-hydrogen) atoms. The zero-order chi connectivity index (χ0) is 19.8. The largest absolute Gasteiger partial charge is 0.368 e. The van der Waals surface area contributed by atoms with E-state index in [2.05, 4.69) is 15.5 Å². The Balaban J connectivity index is 1.82. The van der Waals surface area contributed by atoms with Gasteiger partial charge in [0.1, 0.15) is 17.6 Å². The number of rotatable bonds is 4. The Bertz CT molecular complexity index is 1230. The van der Waals surface area contributed by atoms with Gasteiger partial charge in [-0.15, -0.1) is 0 Å². The molecule has 3 aromatic carbocycles. The summed E-state index contributed by atoms with van der Waals surface area (Å²) in [5.74, 6) is -2.12. The molecule has 6 nitrogen and oxygen atoms in total. The van der Waals surface area contributed by atoms with Crippen molar-refractivity contribution < 1.29 is 14.0 Å². The average molecular weight is 376 g/mol. The Kier molecular flexibility index (Phi) is 4.27. The maximum atomic E-state index is 15.2. The van der Waals surface area contributed by atoms with Crippen LogP contribution in [-0.2, 0) is 4.79 Å². The van der Waals surface area contributed by atoms with E-state index in [9.17, 15) is 9.59 Å². The van der Waals surface area contributed by atoms with Crippen LogP contribution in [0, 0.1) is 5.82 Å². The van der Waals surface area contributed by atoms with Gasteiger partial charge in [-0.05, 0) is 35.9 Å². The highest BCUT2D eigenvalue weighted by Gasteiger charge is 2.22. The van der Waals surface area contributed by atoms with Gasteiger partial charge in [0, 0.05) is 5.56 Å². The number of fused-ring (bicyclic) bond motifs is 2. The van der Waals surface area contributed by atoms with Gasteiger partial charge in [-0.1, -0.05) is 36.4 Å². The molecule has 0 aliphatic rings. The topological polar surface area (TPSA) is 101 Å². The number of halogens is 1. The Morgan fingerprint density at radius 3 is 2.61 bits per heavy atom. The van der Waals surface area contributed by atoms with Crippen LogP contribution in [0.1, 0.15) is 17.3 Å². The van der Waals surface area contributed by atoms with Crippen molar-refractivity contribution in [1.29, 1.82) is 0 Å². The van der Waals surface area contributed by atoms with E-state index in [1.165, 1.54) is 13.0 Å². The predicted octanol–water partition coefficient (Wildman–Crippen LogP) is 3.13. The molecule has 140 valence electrons. The van der Waals surface area contributed by atoms with Gasteiger partial charge in [0.25, 0.3) is 5.91 Å². The zero-order valence-corrected chi connectivity index (χ0v) is 15.0. The number of carbonyl (C=O) groups excluding carboxylic acids is 2. The van der Waals surface area contributed by atoms with Gasteiger partial charge in [-0.25, -0.2) is 4.39 Å². The standard InChI is InChI=1S/C21H17FN4O2/c1-11(20(23)27)24-21(28)15-8-9-16-17(18(15)22)19(26-25-16)14-7-6-12-4-2-3-5-13(12)10-14/h2-11H,1H3,(H2,23,27)(H,24,28)(H,25,26)/t11-/m0/s1. The summed E-state index contributed by atoms with van der Waals surface area (Å²) >= 11 is 0. The summed E-state index contributed by atoms with van der Waals surface area (Å²) in [6.07, 6.45) is 0. The second kappa shape index (κ2) is 6.77. The molecule has 0 bridgehead atoms. The number of primary amides is 1. The summed E-state index contributed by atoms with van der Waals surface area (Å²) in [6, 6.07) is 15.6. The number of nitrogens with two attached hydrogens (primary N) is 1. The van der Waals surface area contributed by atoms with Crippen molar-refractivity contribution >= 4 is 33.5 Å². The fourth-order valence-electron chi connectivity index (χ4n) is 3.14. The van der Waals surface area contributed by atoms with E-state index in [1.807, 2.05) is 42.5 Å². The molecule has 0 aliphatic carbocycles. The molecule has 4 aromatic rings. The number of hydrogen-bond acceptors (Lipinski definition) is 3. The molecular weight excluding hydrogens is 359 g/mol. The first-order valence-corrected chi connectivity index (χ1v) is 8.71. The molecule has 0 spiro atoms. The summed E-state index contributed by atoms with van der Waals surface area (Å²) in [5, 5.41) is 11.7. The van der Waals surface area contributed by atoms with Crippen molar-refractivity contribution in [2.45, 2.75) is 13.0 Å². The van der Waals surface area contributed by atoms with Crippen LogP contribution >= 0.6 is 0 Å². The van der Waals surface area contributed by atoms with Crippen LogP contribution in [0.3, 0.4) is 0 Å². The number of nitrogens with zero attached hydrogens (tertiary/aromatic N) is 1. The van der Waals surface area contributed by atoms with Crippen LogP contribution in [0.15, 0.2) is 54.6 Å². The van der Waals surface area contributed by atoms with E-state index in [0.717, 1.165) is 16.3 Å². The van der Waals surface area contributed by atoms with Gasteiger partial charge < -0.3 is 11.1 Å². The van der Waals surface area contributed by atoms with Gasteiger partial charge in [-0.2, -0.15) is 5.10 Å². The van der Waals surface area contributed by atoms with Gasteiger partial charge in [0.05, 0.1) is 16.5 Å². The van der Waals surface area contributed by atoms with Gasteiger partial charge in [0.15, 0.2) is 0 Å². The third-order valence-electron chi connectivity index (χ3n) is 4.71. The van der Waals surface area contributed by atoms with Gasteiger partial charge in [-0.3, -0.25) is 14.7 Å². The van der Waals surface area contributed by atoms with Crippen molar-refractivity contribution in [2.75, 3.05) is 0 Å². The molecule has 1 heterocycles. The third kappa shape index (κ3) is 2.96. The van der Waals surface area contributed by atoms with Crippen LogP contribution in [-0.4, -0.2) is 28.1 Å². The second-order valence-corrected chi connectivity index (χ2v) is 6.58. The molecule has 0 radical (unpaired) electrons. The lowest BCUT2D eigenvalue weighted by molar-refractivity contribution is -0.119. The molecule has 0 saturated heterocycles. The first-order valence-electron chi connectivity index (χ1n) is 8.71. The van der Waals surface area contributed by atoms with Crippen LogP contribution in [0.2, 0.25) is 0 Å². The third-order valence-corrected chi connectivity index (χ3v) is 4.71. The van der Waals surface area contributed by atoms with E-state index in [0.29, 0.717) is 11.2 Å². The summed E-state index contributed by atoms with van der Waals surface area (Å²) in [5.41, 5.74) is 6.59. The summed E-state index contributed by atoms with van der Waals surface area (Å²) in [7, 11) is 0. The fraction of sp³-hybridized carbons (Fsp3) is 0.0952. The maximum Gasteiger partial charge on any atom is 0.254 e. The smallest absolute Gasteiger partial charge is 0.254 e. The van der Waals surface area contributed by atoms with Crippen LogP contribution in [0.25, 0.3) is 32.9 Å². The number of aromatic nitrogens is 2. The number of hydrogen-bond donors (Lipinski definition) is 3. The molecule has 7 heteroatoms. The van der Waals surface area contributed by atoms with Gasteiger partial charge >= 0.3 is 0 Å². The lowest BCUT2D eigenvalue weighted by Crippen LogP contribution is -2.42. The molecule has 0 unspecified atom stereocenters. The van der Waals surface area contributed by atoms with E-state index in [-0.39, 0.29) is 10.9 Å². The van der Waals surface area contributed by atoms with Crippen LogP contribution < -0.4 is 11.1 Å². The number of H-pyrrole nitrogens is 1. The SMILES string of the molecule is C[C@H](NC(=O)c1ccc2[nH]nc(-c3ccc4ccccc4c3)c2c1F)C(N)=O. The lowest BCUT2D eigenvalue weighted by atomic mass is 10.0. The van der Waals surface area contributed by atoms with E-state index < -0.39 is 23.7 Å². The minimum Gasteiger partial charge on any atom is -0.368 e. The minimum atomic E-state index is -0.910. The van der Waals surface area contributed by atoms with Crippen LogP contribution in [0.5, 0.6) is 0 Å². The molecular formula is C21H17FN4O2. The Morgan fingerprint density at radius 2 is 1.86 bits per heavy atom. The van der Waals surface area contributed by atoms with Crippen molar-refractivity contribution in [3.63, 3.8) is 0 Å². The first-order chi connectivity index (χ1) is 13.5. The van der Waals surface area contributed by atoms with Gasteiger partial charge in [0.2, 0.25) is 5.91 Å². The fourth-order valence-corrected chi connectivity index (χ4v) is 3.14. The molecule has 0 fully saturated rings. The number of amides is 2. The molecule has 1 atom stereocenters.